The van der Waals surface area contributed by atoms with E-state index < -0.39 is 0 Å². The van der Waals surface area contributed by atoms with Crippen LogP contribution in [0.2, 0.25) is 0 Å². The van der Waals surface area contributed by atoms with Crippen LogP contribution in [0.4, 0.5) is 0 Å². The molecular formula is C17H23N3. The number of piperidine rings is 1. The van der Waals surface area contributed by atoms with Crippen LogP contribution in [-0.4, -0.2) is 30.1 Å². The minimum Gasteiger partial charge on any atom is -0.312 e. The van der Waals surface area contributed by atoms with Crippen LogP contribution in [0.3, 0.4) is 0 Å². The van der Waals surface area contributed by atoms with Gasteiger partial charge in [-0.25, -0.2) is 0 Å². The Kier molecular flexibility index (Phi) is 4.34. The summed E-state index contributed by atoms with van der Waals surface area (Å²) in [6.07, 6.45) is 6.67. The first-order valence-electron chi connectivity index (χ1n) is 7.83. The summed E-state index contributed by atoms with van der Waals surface area (Å²) in [5, 5.41) is 12.5. The van der Waals surface area contributed by atoms with Crippen molar-refractivity contribution in [3.8, 4) is 6.07 Å². The Bertz CT molecular complexity index is 468. The number of benzene rings is 1. The Labute approximate surface area is 121 Å². The molecule has 3 nitrogen and oxygen atoms in total. The van der Waals surface area contributed by atoms with Crippen molar-refractivity contribution in [3.63, 3.8) is 0 Å². The Balaban J connectivity index is 1.68. The fraction of sp³-hybridized carbons (Fsp3) is 0.588. The largest absolute Gasteiger partial charge is 0.312 e. The van der Waals surface area contributed by atoms with E-state index in [0.29, 0.717) is 12.1 Å². The number of nitrogens with one attached hydrogen (secondary N) is 1. The molecular weight excluding hydrogens is 246 g/mol. The van der Waals surface area contributed by atoms with Gasteiger partial charge in [0.1, 0.15) is 0 Å². The van der Waals surface area contributed by atoms with Crippen molar-refractivity contribution in [1.82, 2.24) is 10.2 Å². The Morgan fingerprint density at radius 2 is 2.00 bits per heavy atom. The Hall–Kier alpha value is -1.37. The third-order valence-corrected chi connectivity index (χ3v) is 4.70. The second kappa shape index (κ2) is 6.39. The molecule has 2 fully saturated rings. The first-order valence-corrected chi connectivity index (χ1v) is 7.83. The maximum atomic E-state index is 8.87. The van der Waals surface area contributed by atoms with Crippen LogP contribution in [-0.2, 0) is 6.54 Å². The van der Waals surface area contributed by atoms with Crippen molar-refractivity contribution >= 4 is 0 Å². The topological polar surface area (TPSA) is 39.1 Å². The highest BCUT2D eigenvalue weighted by molar-refractivity contribution is 5.31. The molecule has 2 aliphatic heterocycles. The van der Waals surface area contributed by atoms with Gasteiger partial charge in [-0.1, -0.05) is 18.6 Å². The molecule has 0 saturated carbocycles. The molecule has 2 unspecified atom stereocenters. The van der Waals surface area contributed by atoms with Crippen LogP contribution in [0.25, 0.3) is 0 Å². The summed E-state index contributed by atoms with van der Waals surface area (Å²) in [6.45, 7) is 3.42. The highest BCUT2D eigenvalue weighted by Crippen LogP contribution is 2.25. The van der Waals surface area contributed by atoms with E-state index in [1.165, 1.54) is 50.8 Å². The summed E-state index contributed by atoms with van der Waals surface area (Å²) in [5.41, 5.74) is 2.08. The van der Waals surface area contributed by atoms with Crippen LogP contribution in [0.5, 0.6) is 0 Å². The number of nitriles is 1. The van der Waals surface area contributed by atoms with Gasteiger partial charge in [0.15, 0.2) is 0 Å². The van der Waals surface area contributed by atoms with Gasteiger partial charge < -0.3 is 5.32 Å². The van der Waals surface area contributed by atoms with Gasteiger partial charge in [-0.15, -0.1) is 0 Å². The van der Waals surface area contributed by atoms with Gasteiger partial charge in [-0.3, -0.25) is 4.90 Å². The monoisotopic (exact) mass is 269 g/mol. The zero-order valence-corrected chi connectivity index (χ0v) is 12.0. The SMILES string of the molecule is N#Cc1ccc(CN2CCCCC2C2CCCN2)cc1. The number of hydrogen-bond donors (Lipinski definition) is 1. The van der Waals surface area contributed by atoms with Crippen LogP contribution in [0.15, 0.2) is 24.3 Å². The maximum Gasteiger partial charge on any atom is 0.0991 e. The molecule has 1 aromatic carbocycles. The summed E-state index contributed by atoms with van der Waals surface area (Å²) in [6, 6.07) is 11.6. The van der Waals surface area contributed by atoms with Crippen molar-refractivity contribution in [2.45, 2.75) is 50.7 Å². The fourth-order valence-corrected chi connectivity index (χ4v) is 3.63. The molecule has 3 rings (SSSR count). The highest BCUT2D eigenvalue weighted by Gasteiger charge is 2.31. The van der Waals surface area contributed by atoms with Gasteiger partial charge in [-0.05, 0) is 56.5 Å². The van der Waals surface area contributed by atoms with Gasteiger partial charge in [0.25, 0.3) is 0 Å². The lowest BCUT2D eigenvalue weighted by atomic mass is 9.94. The number of nitrogens with zero attached hydrogens (tertiary/aromatic N) is 2. The molecule has 0 aromatic heterocycles. The summed E-state index contributed by atoms with van der Waals surface area (Å²) in [4.78, 5) is 2.65. The molecule has 3 heteroatoms. The molecule has 2 saturated heterocycles. The van der Waals surface area contributed by atoms with Gasteiger partial charge in [0, 0.05) is 18.6 Å². The van der Waals surface area contributed by atoms with Crippen molar-refractivity contribution in [2.75, 3.05) is 13.1 Å². The van der Waals surface area contributed by atoms with Crippen LogP contribution >= 0.6 is 0 Å². The van der Waals surface area contributed by atoms with Gasteiger partial charge >= 0.3 is 0 Å². The maximum absolute atomic E-state index is 8.87. The number of rotatable bonds is 3. The lowest BCUT2D eigenvalue weighted by molar-refractivity contribution is 0.112. The summed E-state index contributed by atoms with van der Waals surface area (Å²) < 4.78 is 0. The molecule has 0 aliphatic carbocycles. The van der Waals surface area contributed by atoms with Crippen LogP contribution in [0.1, 0.15) is 43.2 Å². The van der Waals surface area contributed by atoms with E-state index in [4.69, 9.17) is 5.26 Å². The summed E-state index contributed by atoms with van der Waals surface area (Å²) in [5.74, 6) is 0. The Morgan fingerprint density at radius 3 is 2.70 bits per heavy atom. The Morgan fingerprint density at radius 1 is 1.15 bits per heavy atom. The van der Waals surface area contributed by atoms with E-state index in [2.05, 4.69) is 28.4 Å². The second-order valence-corrected chi connectivity index (χ2v) is 6.05. The molecule has 106 valence electrons. The second-order valence-electron chi connectivity index (χ2n) is 6.05. The normalized spacial score (nSPS) is 27.4. The highest BCUT2D eigenvalue weighted by atomic mass is 15.2. The van der Waals surface area contributed by atoms with E-state index in [0.717, 1.165) is 12.1 Å². The van der Waals surface area contributed by atoms with E-state index >= 15 is 0 Å². The van der Waals surface area contributed by atoms with Crippen molar-refractivity contribution in [1.29, 1.82) is 5.26 Å². The average Bonchev–Trinajstić information content (AvgIpc) is 3.03. The molecule has 2 heterocycles. The summed E-state index contributed by atoms with van der Waals surface area (Å²) >= 11 is 0. The van der Waals surface area contributed by atoms with E-state index in [1.807, 2.05) is 12.1 Å². The average molecular weight is 269 g/mol. The molecule has 1 N–H and O–H groups in total. The molecule has 1 aromatic rings. The first-order chi connectivity index (χ1) is 9.86. The molecule has 0 amide bonds. The van der Waals surface area contributed by atoms with Crippen molar-refractivity contribution < 1.29 is 0 Å². The summed E-state index contributed by atoms with van der Waals surface area (Å²) in [7, 11) is 0. The minimum absolute atomic E-state index is 0.689. The predicted molar refractivity (Wildman–Crippen MR) is 80.2 cm³/mol. The smallest absolute Gasteiger partial charge is 0.0991 e. The minimum atomic E-state index is 0.689. The van der Waals surface area contributed by atoms with Crippen molar-refractivity contribution in [3.05, 3.63) is 35.4 Å². The van der Waals surface area contributed by atoms with Crippen molar-refractivity contribution in [2.24, 2.45) is 0 Å². The van der Waals surface area contributed by atoms with Gasteiger partial charge in [0.2, 0.25) is 0 Å². The van der Waals surface area contributed by atoms with E-state index in [1.54, 1.807) is 0 Å². The van der Waals surface area contributed by atoms with E-state index in [-0.39, 0.29) is 0 Å². The third-order valence-electron chi connectivity index (χ3n) is 4.70. The first kappa shape index (κ1) is 13.6. The third kappa shape index (κ3) is 3.03. The van der Waals surface area contributed by atoms with Crippen LogP contribution in [0, 0.1) is 11.3 Å². The van der Waals surface area contributed by atoms with E-state index in [9.17, 15) is 0 Å². The molecule has 2 atom stereocenters. The lowest BCUT2D eigenvalue weighted by Crippen LogP contribution is -2.49. The zero-order chi connectivity index (χ0) is 13.8. The van der Waals surface area contributed by atoms with Crippen LogP contribution < -0.4 is 5.32 Å². The quantitative estimate of drug-likeness (QED) is 0.917. The molecule has 0 radical (unpaired) electrons. The van der Waals surface area contributed by atoms with Gasteiger partial charge in [-0.2, -0.15) is 5.26 Å². The zero-order valence-electron chi connectivity index (χ0n) is 12.0. The fourth-order valence-electron chi connectivity index (χ4n) is 3.63. The van der Waals surface area contributed by atoms with Gasteiger partial charge in [0.05, 0.1) is 11.6 Å². The number of hydrogen-bond acceptors (Lipinski definition) is 3. The molecule has 0 bridgehead atoms. The standard InChI is InChI=1S/C17H23N3/c18-12-14-6-8-15(9-7-14)13-20-11-2-1-5-17(20)16-4-3-10-19-16/h6-9,16-17,19H,1-5,10-11,13H2. The molecule has 0 spiro atoms. The number of likely N-dealkylation sites (tertiary alicyclic amines) is 1. The predicted octanol–water partition coefficient (Wildman–Crippen LogP) is 2.66. The molecule has 2 aliphatic rings. The lowest BCUT2D eigenvalue weighted by Gasteiger charge is -2.39. The molecule has 20 heavy (non-hydrogen) atoms.